The highest BCUT2D eigenvalue weighted by atomic mass is 19.4. The Labute approximate surface area is 97.7 Å². The molecule has 0 heterocycles. The van der Waals surface area contributed by atoms with Crippen molar-refractivity contribution in [2.24, 2.45) is 0 Å². The van der Waals surface area contributed by atoms with Gasteiger partial charge in [0, 0.05) is 0 Å². The fourth-order valence-electron chi connectivity index (χ4n) is 1.76. The first kappa shape index (κ1) is 11.7. The molecule has 0 amide bonds. The van der Waals surface area contributed by atoms with Crippen LogP contribution in [0.4, 0.5) is 13.2 Å². The van der Waals surface area contributed by atoms with Crippen LogP contribution >= 0.6 is 0 Å². The molecular weight excluding hydrogens is 225 g/mol. The Bertz CT molecular complexity index is 527. The van der Waals surface area contributed by atoms with E-state index in [0.29, 0.717) is 5.56 Å². The minimum Gasteiger partial charge on any atom is -0.166 e. The van der Waals surface area contributed by atoms with Crippen molar-refractivity contribution in [2.75, 3.05) is 0 Å². The quantitative estimate of drug-likeness (QED) is 0.674. The van der Waals surface area contributed by atoms with Gasteiger partial charge >= 0.3 is 6.18 Å². The first-order valence-corrected chi connectivity index (χ1v) is 5.22. The fourth-order valence-corrected chi connectivity index (χ4v) is 1.76. The highest BCUT2D eigenvalue weighted by molar-refractivity contribution is 5.67. The second-order valence-electron chi connectivity index (χ2n) is 3.89. The van der Waals surface area contributed by atoms with Gasteiger partial charge in [-0.15, -0.1) is 0 Å². The predicted octanol–water partition coefficient (Wildman–Crippen LogP) is 4.68. The van der Waals surface area contributed by atoms with E-state index in [0.717, 1.165) is 17.2 Å². The number of aryl methyl sites for hydroxylation is 1. The van der Waals surface area contributed by atoms with E-state index < -0.39 is 11.7 Å². The second kappa shape index (κ2) is 4.24. The molecule has 2 rings (SSSR count). The lowest BCUT2D eigenvalue weighted by molar-refractivity contribution is -0.137. The van der Waals surface area contributed by atoms with E-state index in [4.69, 9.17) is 0 Å². The summed E-state index contributed by atoms with van der Waals surface area (Å²) in [6, 6.07) is 12.8. The SMILES string of the molecule is Cc1ccccc1-c1cccc(C(F)(F)F)c1. The monoisotopic (exact) mass is 236 g/mol. The van der Waals surface area contributed by atoms with Crippen molar-refractivity contribution in [2.45, 2.75) is 13.1 Å². The number of rotatable bonds is 1. The van der Waals surface area contributed by atoms with E-state index in [1.54, 1.807) is 6.07 Å². The normalized spacial score (nSPS) is 11.5. The average Bonchev–Trinajstić information content (AvgIpc) is 2.29. The van der Waals surface area contributed by atoms with Gasteiger partial charge in [-0.2, -0.15) is 13.2 Å². The van der Waals surface area contributed by atoms with Gasteiger partial charge in [0.1, 0.15) is 0 Å². The minimum atomic E-state index is -4.29. The van der Waals surface area contributed by atoms with E-state index in [-0.39, 0.29) is 0 Å². The van der Waals surface area contributed by atoms with Gasteiger partial charge in [0.25, 0.3) is 0 Å². The van der Waals surface area contributed by atoms with Crippen molar-refractivity contribution in [1.29, 1.82) is 0 Å². The van der Waals surface area contributed by atoms with Gasteiger partial charge in [0.15, 0.2) is 0 Å². The Kier molecular flexibility index (Phi) is 2.92. The van der Waals surface area contributed by atoms with Gasteiger partial charge in [-0.05, 0) is 35.7 Å². The average molecular weight is 236 g/mol. The molecule has 88 valence electrons. The summed E-state index contributed by atoms with van der Waals surface area (Å²) in [5.74, 6) is 0. The van der Waals surface area contributed by atoms with Gasteiger partial charge in [-0.1, -0.05) is 36.4 Å². The molecule has 0 aliphatic carbocycles. The van der Waals surface area contributed by atoms with Gasteiger partial charge in [-0.3, -0.25) is 0 Å². The molecule has 0 fully saturated rings. The van der Waals surface area contributed by atoms with E-state index in [9.17, 15) is 13.2 Å². The van der Waals surface area contributed by atoms with Crippen LogP contribution in [0.2, 0.25) is 0 Å². The molecule has 2 aromatic rings. The van der Waals surface area contributed by atoms with Gasteiger partial charge in [0.2, 0.25) is 0 Å². The summed E-state index contributed by atoms with van der Waals surface area (Å²) in [5, 5.41) is 0. The van der Waals surface area contributed by atoms with E-state index in [2.05, 4.69) is 0 Å². The first-order chi connectivity index (χ1) is 7.98. The highest BCUT2D eigenvalue weighted by Crippen LogP contribution is 2.32. The van der Waals surface area contributed by atoms with E-state index >= 15 is 0 Å². The first-order valence-electron chi connectivity index (χ1n) is 5.22. The lowest BCUT2D eigenvalue weighted by Crippen LogP contribution is -2.04. The maximum absolute atomic E-state index is 12.6. The van der Waals surface area contributed by atoms with Crippen LogP contribution in [0, 0.1) is 6.92 Å². The molecular formula is C14H11F3. The zero-order chi connectivity index (χ0) is 12.5. The summed E-state index contributed by atoms with van der Waals surface area (Å²) in [7, 11) is 0. The van der Waals surface area contributed by atoms with Gasteiger partial charge in [-0.25, -0.2) is 0 Å². The number of hydrogen-bond donors (Lipinski definition) is 0. The molecule has 3 heteroatoms. The highest BCUT2D eigenvalue weighted by Gasteiger charge is 2.30. The lowest BCUT2D eigenvalue weighted by atomic mass is 9.99. The molecule has 0 radical (unpaired) electrons. The van der Waals surface area contributed by atoms with Crippen LogP contribution < -0.4 is 0 Å². The third-order valence-electron chi connectivity index (χ3n) is 2.65. The number of halogens is 3. The summed E-state index contributed by atoms with van der Waals surface area (Å²) in [5.41, 5.74) is 1.78. The molecule has 0 saturated heterocycles. The molecule has 17 heavy (non-hydrogen) atoms. The van der Waals surface area contributed by atoms with E-state index in [1.807, 2.05) is 31.2 Å². The Morgan fingerprint density at radius 2 is 1.59 bits per heavy atom. The Hall–Kier alpha value is -1.77. The largest absolute Gasteiger partial charge is 0.416 e. The van der Waals surface area contributed by atoms with Crippen LogP contribution in [-0.4, -0.2) is 0 Å². The Morgan fingerprint density at radius 3 is 2.24 bits per heavy atom. The number of benzene rings is 2. The number of alkyl halides is 3. The van der Waals surface area contributed by atoms with Crippen LogP contribution in [0.1, 0.15) is 11.1 Å². The third-order valence-corrected chi connectivity index (χ3v) is 2.65. The van der Waals surface area contributed by atoms with Crippen LogP contribution in [0.5, 0.6) is 0 Å². The number of hydrogen-bond acceptors (Lipinski definition) is 0. The Balaban J connectivity index is 2.51. The summed E-state index contributed by atoms with van der Waals surface area (Å²) < 4.78 is 37.8. The van der Waals surface area contributed by atoms with Crippen LogP contribution in [0.25, 0.3) is 11.1 Å². The molecule has 0 spiro atoms. The zero-order valence-corrected chi connectivity index (χ0v) is 9.25. The zero-order valence-electron chi connectivity index (χ0n) is 9.25. The summed E-state index contributed by atoms with van der Waals surface area (Å²) in [4.78, 5) is 0. The molecule has 2 aromatic carbocycles. The molecule has 0 N–H and O–H groups in total. The van der Waals surface area contributed by atoms with Crippen molar-refractivity contribution >= 4 is 0 Å². The minimum absolute atomic E-state index is 0.595. The second-order valence-corrected chi connectivity index (χ2v) is 3.89. The molecule has 0 aliphatic rings. The standard InChI is InChI=1S/C14H11F3/c1-10-5-2-3-8-13(10)11-6-4-7-12(9-11)14(15,16)17/h2-9H,1H3. The molecule has 0 unspecified atom stereocenters. The molecule has 0 bridgehead atoms. The van der Waals surface area contributed by atoms with Gasteiger partial charge < -0.3 is 0 Å². The summed E-state index contributed by atoms with van der Waals surface area (Å²) in [6.45, 7) is 1.88. The maximum atomic E-state index is 12.6. The summed E-state index contributed by atoms with van der Waals surface area (Å²) in [6.07, 6.45) is -4.29. The van der Waals surface area contributed by atoms with Crippen molar-refractivity contribution < 1.29 is 13.2 Å². The molecule has 0 aliphatic heterocycles. The lowest BCUT2D eigenvalue weighted by Gasteiger charge is -2.10. The molecule has 0 atom stereocenters. The summed E-state index contributed by atoms with van der Waals surface area (Å²) >= 11 is 0. The van der Waals surface area contributed by atoms with Crippen molar-refractivity contribution in [1.82, 2.24) is 0 Å². The maximum Gasteiger partial charge on any atom is 0.416 e. The Morgan fingerprint density at radius 1 is 0.882 bits per heavy atom. The molecule has 0 saturated carbocycles. The smallest absolute Gasteiger partial charge is 0.166 e. The van der Waals surface area contributed by atoms with Crippen LogP contribution in [0.15, 0.2) is 48.5 Å². The van der Waals surface area contributed by atoms with Gasteiger partial charge in [0.05, 0.1) is 5.56 Å². The predicted molar refractivity (Wildman–Crippen MR) is 61.6 cm³/mol. The molecule has 0 aromatic heterocycles. The van der Waals surface area contributed by atoms with Crippen LogP contribution in [-0.2, 0) is 6.18 Å². The third kappa shape index (κ3) is 2.49. The van der Waals surface area contributed by atoms with Crippen molar-refractivity contribution in [3.05, 3.63) is 59.7 Å². The fraction of sp³-hybridized carbons (Fsp3) is 0.143. The van der Waals surface area contributed by atoms with Crippen molar-refractivity contribution in [3.63, 3.8) is 0 Å². The molecule has 0 nitrogen and oxygen atoms in total. The van der Waals surface area contributed by atoms with Crippen molar-refractivity contribution in [3.8, 4) is 11.1 Å². The van der Waals surface area contributed by atoms with Crippen LogP contribution in [0.3, 0.4) is 0 Å². The topological polar surface area (TPSA) is 0 Å². The van der Waals surface area contributed by atoms with E-state index in [1.165, 1.54) is 12.1 Å².